The van der Waals surface area contributed by atoms with Crippen molar-refractivity contribution in [3.63, 3.8) is 0 Å². The van der Waals surface area contributed by atoms with Crippen molar-refractivity contribution in [2.24, 2.45) is 5.92 Å². The number of rotatable bonds is 6. The maximum atomic E-state index is 9.77. The van der Waals surface area contributed by atoms with Crippen molar-refractivity contribution in [1.82, 2.24) is 24.7 Å². The molecular formula is C20H26N6O. The van der Waals surface area contributed by atoms with Crippen molar-refractivity contribution in [3.05, 3.63) is 47.7 Å². The monoisotopic (exact) mass is 366 g/mol. The van der Waals surface area contributed by atoms with Crippen LogP contribution in [0.2, 0.25) is 0 Å². The zero-order valence-electron chi connectivity index (χ0n) is 16.4. The molecule has 3 aromatic rings. The van der Waals surface area contributed by atoms with Crippen LogP contribution in [-0.2, 0) is 6.61 Å². The van der Waals surface area contributed by atoms with E-state index in [1.165, 1.54) is 0 Å². The van der Waals surface area contributed by atoms with Crippen molar-refractivity contribution in [2.75, 3.05) is 5.32 Å². The van der Waals surface area contributed by atoms with Gasteiger partial charge in [-0.3, -0.25) is 0 Å². The third-order valence-electron chi connectivity index (χ3n) is 4.70. The molecule has 0 fully saturated rings. The molecule has 0 aliphatic rings. The first-order chi connectivity index (χ1) is 12.9. The molecule has 0 amide bonds. The Kier molecular flexibility index (Phi) is 5.51. The number of pyridine rings is 1. The summed E-state index contributed by atoms with van der Waals surface area (Å²) in [6, 6.07) is 6.07. The topological polar surface area (TPSA) is 88.8 Å². The number of hydrogen-bond donors (Lipinski definition) is 2. The predicted molar refractivity (Wildman–Crippen MR) is 106 cm³/mol. The van der Waals surface area contributed by atoms with Crippen molar-refractivity contribution in [1.29, 1.82) is 0 Å². The lowest BCUT2D eigenvalue weighted by Crippen LogP contribution is -2.23. The minimum atomic E-state index is -0.168. The van der Waals surface area contributed by atoms with E-state index in [-0.39, 0.29) is 6.61 Å². The number of aliphatic hydroxyl groups is 1. The third kappa shape index (κ3) is 4.14. The number of nitrogens with one attached hydrogen (secondary N) is 1. The molecule has 0 saturated heterocycles. The Bertz CT molecular complexity index is 934. The molecule has 0 spiro atoms. The molecule has 2 N–H and O–H groups in total. The number of aryl methyl sites for hydroxylation is 2. The van der Waals surface area contributed by atoms with Gasteiger partial charge in [-0.2, -0.15) is 0 Å². The molecule has 0 aliphatic heterocycles. The van der Waals surface area contributed by atoms with Crippen LogP contribution in [0.4, 0.5) is 5.82 Å². The molecule has 0 saturated carbocycles. The molecule has 0 aromatic carbocycles. The van der Waals surface area contributed by atoms with Crippen molar-refractivity contribution < 1.29 is 5.11 Å². The molecule has 1 atom stereocenters. The zero-order chi connectivity index (χ0) is 19.6. The predicted octanol–water partition coefficient (Wildman–Crippen LogP) is 3.29. The molecule has 3 rings (SSSR count). The van der Waals surface area contributed by atoms with Crippen LogP contribution >= 0.6 is 0 Å². The Labute approximate surface area is 159 Å². The molecule has 7 nitrogen and oxygen atoms in total. The largest absolute Gasteiger partial charge is 0.390 e. The summed E-state index contributed by atoms with van der Waals surface area (Å²) in [5.74, 6) is 1.28. The Morgan fingerprint density at radius 1 is 1.11 bits per heavy atom. The summed E-state index contributed by atoms with van der Waals surface area (Å²) in [4.78, 5) is 8.82. The number of nitrogens with zero attached hydrogens (tertiary/aromatic N) is 5. The van der Waals surface area contributed by atoms with Crippen LogP contribution in [0.1, 0.15) is 37.7 Å². The van der Waals surface area contributed by atoms with Crippen molar-refractivity contribution in [2.45, 2.75) is 47.3 Å². The van der Waals surface area contributed by atoms with Gasteiger partial charge >= 0.3 is 0 Å². The van der Waals surface area contributed by atoms with E-state index in [4.69, 9.17) is 0 Å². The second-order valence-corrected chi connectivity index (χ2v) is 7.18. The van der Waals surface area contributed by atoms with Gasteiger partial charge in [0.2, 0.25) is 0 Å². The number of imidazole rings is 1. The minimum absolute atomic E-state index is 0.168. The second-order valence-electron chi connectivity index (χ2n) is 7.18. The molecule has 0 unspecified atom stereocenters. The average Bonchev–Trinajstić information content (AvgIpc) is 3.08. The summed E-state index contributed by atoms with van der Waals surface area (Å²) >= 11 is 0. The molecule has 0 radical (unpaired) electrons. The maximum Gasteiger partial charge on any atom is 0.151 e. The van der Waals surface area contributed by atoms with Gasteiger partial charge in [-0.25, -0.2) is 9.97 Å². The Hall–Kier alpha value is -2.80. The van der Waals surface area contributed by atoms with Crippen LogP contribution in [0.15, 0.2) is 30.7 Å². The summed E-state index contributed by atoms with van der Waals surface area (Å²) < 4.78 is 1.86. The van der Waals surface area contributed by atoms with Crippen molar-refractivity contribution in [3.8, 4) is 17.1 Å². The maximum absolute atomic E-state index is 9.77. The first-order valence-corrected chi connectivity index (χ1v) is 9.12. The van der Waals surface area contributed by atoms with Crippen LogP contribution in [0, 0.1) is 19.8 Å². The Balaban J connectivity index is 1.91. The van der Waals surface area contributed by atoms with Gasteiger partial charge in [-0.1, -0.05) is 13.8 Å². The van der Waals surface area contributed by atoms with Gasteiger partial charge in [0.1, 0.15) is 5.69 Å². The molecular weight excluding hydrogens is 340 g/mol. The lowest BCUT2D eigenvalue weighted by molar-refractivity contribution is 0.276. The molecule has 3 heterocycles. The third-order valence-corrected chi connectivity index (χ3v) is 4.70. The van der Waals surface area contributed by atoms with E-state index < -0.39 is 0 Å². The molecule has 3 aromatic heterocycles. The van der Waals surface area contributed by atoms with Gasteiger partial charge in [-0.15, -0.1) is 10.2 Å². The van der Waals surface area contributed by atoms with E-state index in [2.05, 4.69) is 46.3 Å². The van der Waals surface area contributed by atoms with Gasteiger partial charge in [0, 0.05) is 12.2 Å². The Morgan fingerprint density at radius 3 is 2.48 bits per heavy atom. The van der Waals surface area contributed by atoms with Gasteiger partial charge < -0.3 is 15.0 Å². The highest BCUT2D eigenvalue weighted by Gasteiger charge is 2.13. The number of anilines is 1. The second kappa shape index (κ2) is 7.84. The molecule has 7 heteroatoms. The number of aliphatic hydroxyl groups excluding tert-OH is 1. The van der Waals surface area contributed by atoms with E-state index in [1.807, 2.05) is 42.8 Å². The fourth-order valence-electron chi connectivity index (χ4n) is 2.68. The summed E-state index contributed by atoms with van der Waals surface area (Å²) in [5.41, 5.74) is 4.64. The highest BCUT2D eigenvalue weighted by atomic mass is 16.3. The lowest BCUT2D eigenvalue weighted by Gasteiger charge is -2.19. The van der Waals surface area contributed by atoms with Crippen LogP contribution in [0.3, 0.4) is 0 Å². The molecule has 0 bridgehead atoms. The SMILES string of the molecule is Cc1cn(-c2ccc(-c3cc(C)c(N[C@@H](C)C(C)C)nn3)nc2CO)cn1. The zero-order valence-corrected chi connectivity index (χ0v) is 16.4. The first kappa shape index (κ1) is 19.0. The van der Waals surface area contributed by atoms with E-state index >= 15 is 0 Å². The Morgan fingerprint density at radius 2 is 1.89 bits per heavy atom. The first-order valence-electron chi connectivity index (χ1n) is 9.12. The quantitative estimate of drug-likeness (QED) is 0.696. The normalized spacial score (nSPS) is 12.4. The van der Waals surface area contributed by atoms with E-state index in [9.17, 15) is 5.11 Å². The lowest BCUT2D eigenvalue weighted by atomic mass is 10.1. The van der Waals surface area contributed by atoms with Gasteiger partial charge in [-0.05, 0) is 50.5 Å². The summed E-state index contributed by atoms with van der Waals surface area (Å²) in [6.45, 7) is 10.2. The van der Waals surface area contributed by atoms with Gasteiger partial charge in [0.05, 0.1) is 35.7 Å². The van der Waals surface area contributed by atoms with Crippen LogP contribution in [0.25, 0.3) is 17.1 Å². The molecule has 27 heavy (non-hydrogen) atoms. The fraction of sp³-hybridized carbons (Fsp3) is 0.400. The summed E-state index contributed by atoms with van der Waals surface area (Å²) in [6.07, 6.45) is 3.61. The smallest absolute Gasteiger partial charge is 0.151 e. The molecule has 142 valence electrons. The highest BCUT2D eigenvalue weighted by Crippen LogP contribution is 2.23. The minimum Gasteiger partial charge on any atom is -0.390 e. The standard InChI is InChI=1S/C20H26N6O/c1-12(2)15(5)22-20-13(3)8-17(24-25-20)16-6-7-19(18(10-27)23-16)26-9-14(4)21-11-26/h6-9,11-12,15,27H,10H2,1-5H3,(H,22,25)/t15-/m0/s1. The van der Waals surface area contributed by atoms with E-state index in [0.717, 1.165) is 22.8 Å². The van der Waals surface area contributed by atoms with Crippen LogP contribution in [-0.4, -0.2) is 35.9 Å². The van der Waals surface area contributed by atoms with Crippen LogP contribution in [0.5, 0.6) is 0 Å². The summed E-state index contributed by atoms with van der Waals surface area (Å²) in [5, 5.41) is 21.8. The van der Waals surface area contributed by atoms with E-state index in [0.29, 0.717) is 29.0 Å². The summed E-state index contributed by atoms with van der Waals surface area (Å²) in [7, 11) is 0. The number of hydrogen-bond acceptors (Lipinski definition) is 6. The highest BCUT2D eigenvalue weighted by molar-refractivity contribution is 5.60. The molecule has 0 aliphatic carbocycles. The average molecular weight is 366 g/mol. The van der Waals surface area contributed by atoms with Crippen LogP contribution < -0.4 is 5.32 Å². The fourth-order valence-corrected chi connectivity index (χ4v) is 2.68. The van der Waals surface area contributed by atoms with Gasteiger partial charge in [0.25, 0.3) is 0 Å². The van der Waals surface area contributed by atoms with E-state index in [1.54, 1.807) is 6.33 Å². The number of aromatic nitrogens is 5. The van der Waals surface area contributed by atoms with Gasteiger partial charge in [0.15, 0.2) is 5.82 Å². The van der Waals surface area contributed by atoms with Crippen molar-refractivity contribution >= 4 is 5.82 Å².